The number of fused-ring (bicyclic) bond motifs is 6. The van der Waals surface area contributed by atoms with Crippen molar-refractivity contribution in [2.24, 2.45) is 0 Å². The second kappa shape index (κ2) is 11.9. The predicted octanol–water partition coefficient (Wildman–Crippen LogP) is 14.0. The maximum Gasteiger partial charge on any atom is 0.145 e. The fourth-order valence-corrected chi connectivity index (χ4v) is 7.47. The third-order valence-corrected chi connectivity index (χ3v) is 9.90. The summed E-state index contributed by atoms with van der Waals surface area (Å²) in [6, 6.07) is 66.1. The molecule has 0 aliphatic heterocycles. The van der Waals surface area contributed by atoms with Crippen LogP contribution in [0.5, 0.6) is 0 Å². The van der Waals surface area contributed by atoms with Crippen molar-refractivity contribution in [3.63, 3.8) is 0 Å². The lowest BCUT2D eigenvalue weighted by Gasteiger charge is -2.27. The average molecular weight is 654 g/mol. The van der Waals surface area contributed by atoms with E-state index in [1.54, 1.807) is 0 Å². The summed E-state index contributed by atoms with van der Waals surface area (Å²) in [5, 5.41) is 4.42. The van der Waals surface area contributed by atoms with Gasteiger partial charge in [0, 0.05) is 38.7 Å². The molecule has 2 aromatic heterocycles. The molecule has 0 saturated heterocycles. The second-order valence-electron chi connectivity index (χ2n) is 12.9. The van der Waals surface area contributed by atoms with Crippen molar-refractivity contribution in [2.75, 3.05) is 4.90 Å². The van der Waals surface area contributed by atoms with Crippen LogP contribution >= 0.6 is 0 Å². The number of furan rings is 2. The van der Waals surface area contributed by atoms with Crippen molar-refractivity contribution in [1.82, 2.24) is 0 Å². The van der Waals surface area contributed by atoms with Crippen LogP contribution in [0.3, 0.4) is 0 Å². The number of benzene rings is 8. The molecule has 2 heterocycles. The molecule has 3 heteroatoms. The van der Waals surface area contributed by atoms with Gasteiger partial charge in [-0.2, -0.15) is 0 Å². The van der Waals surface area contributed by atoms with Crippen molar-refractivity contribution in [1.29, 1.82) is 0 Å². The second-order valence-corrected chi connectivity index (χ2v) is 12.9. The van der Waals surface area contributed by atoms with Crippen LogP contribution < -0.4 is 4.90 Å². The molecule has 0 N–H and O–H groups in total. The lowest BCUT2D eigenvalue weighted by molar-refractivity contribution is 0.669. The van der Waals surface area contributed by atoms with Gasteiger partial charge >= 0.3 is 0 Å². The molecule has 0 aliphatic rings. The van der Waals surface area contributed by atoms with Gasteiger partial charge in [0.15, 0.2) is 0 Å². The van der Waals surface area contributed by atoms with Gasteiger partial charge in [-0.3, -0.25) is 0 Å². The van der Waals surface area contributed by atoms with E-state index in [0.717, 1.165) is 83.2 Å². The molecule has 51 heavy (non-hydrogen) atoms. The molecule has 0 amide bonds. The number of anilines is 3. The summed E-state index contributed by atoms with van der Waals surface area (Å²) >= 11 is 0. The van der Waals surface area contributed by atoms with Gasteiger partial charge in [0.05, 0.1) is 11.1 Å². The highest BCUT2D eigenvalue weighted by molar-refractivity contribution is 6.17. The quantitative estimate of drug-likeness (QED) is 0.179. The van der Waals surface area contributed by atoms with E-state index in [-0.39, 0.29) is 0 Å². The summed E-state index contributed by atoms with van der Waals surface area (Å²) in [5.74, 6) is 0. The number of para-hydroxylation sites is 3. The van der Waals surface area contributed by atoms with E-state index in [1.807, 2.05) is 24.3 Å². The first kappa shape index (κ1) is 29.1. The van der Waals surface area contributed by atoms with E-state index < -0.39 is 0 Å². The van der Waals surface area contributed by atoms with Gasteiger partial charge < -0.3 is 13.7 Å². The highest BCUT2D eigenvalue weighted by Gasteiger charge is 2.22. The standard InChI is InChI=1S/C48H31NO2/c1-3-12-32(13-4-1)33-22-26-36(27-23-33)49(37-28-24-35(25-29-37)38-18-11-19-41-40-16-7-9-20-44(40)50-47(38)41)43-31-30-39(34-14-5-2-6-15-34)48-46(43)42-17-8-10-21-45(42)51-48/h1-31H. The van der Waals surface area contributed by atoms with E-state index in [4.69, 9.17) is 8.83 Å². The highest BCUT2D eigenvalue weighted by atomic mass is 16.3. The van der Waals surface area contributed by atoms with Crippen LogP contribution in [-0.2, 0) is 0 Å². The Kier molecular flexibility index (Phi) is 6.81. The Morgan fingerprint density at radius 3 is 1.51 bits per heavy atom. The lowest BCUT2D eigenvalue weighted by Crippen LogP contribution is -2.10. The van der Waals surface area contributed by atoms with Crippen LogP contribution in [0, 0.1) is 0 Å². The van der Waals surface area contributed by atoms with Gasteiger partial charge in [0.1, 0.15) is 22.3 Å². The van der Waals surface area contributed by atoms with Crippen molar-refractivity contribution in [3.05, 3.63) is 188 Å². The maximum absolute atomic E-state index is 6.68. The Morgan fingerprint density at radius 1 is 0.314 bits per heavy atom. The largest absolute Gasteiger partial charge is 0.455 e. The molecule has 0 atom stereocenters. The zero-order valence-electron chi connectivity index (χ0n) is 27.7. The normalized spacial score (nSPS) is 11.5. The molecule has 0 radical (unpaired) electrons. The van der Waals surface area contributed by atoms with Gasteiger partial charge in [-0.15, -0.1) is 0 Å². The van der Waals surface area contributed by atoms with Crippen LogP contribution in [0.1, 0.15) is 0 Å². The highest BCUT2D eigenvalue weighted by Crippen LogP contribution is 2.46. The first-order valence-corrected chi connectivity index (χ1v) is 17.3. The Balaban J connectivity index is 1.17. The number of hydrogen-bond acceptors (Lipinski definition) is 3. The molecule has 0 fully saturated rings. The molecule has 10 aromatic rings. The van der Waals surface area contributed by atoms with Gasteiger partial charge in [-0.1, -0.05) is 140 Å². The molecular weight excluding hydrogens is 623 g/mol. The van der Waals surface area contributed by atoms with Crippen LogP contribution in [0.4, 0.5) is 17.1 Å². The zero-order valence-corrected chi connectivity index (χ0v) is 27.7. The maximum atomic E-state index is 6.68. The fourth-order valence-electron chi connectivity index (χ4n) is 7.47. The van der Waals surface area contributed by atoms with E-state index >= 15 is 0 Å². The zero-order chi connectivity index (χ0) is 33.7. The Morgan fingerprint density at radius 2 is 0.804 bits per heavy atom. The monoisotopic (exact) mass is 653 g/mol. The summed E-state index contributed by atoms with van der Waals surface area (Å²) in [4.78, 5) is 2.35. The van der Waals surface area contributed by atoms with Crippen LogP contribution in [0.2, 0.25) is 0 Å². The van der Waals surface area contributed by atoms with E-state index in [1.165, 1.54) is 11.1 Å². The van der Waals surface area contributed by atoms with Gasteiger partial charge in [-0.05, 0) is 70.8 Å². The summed E-state index contributed by atoms with van der Waals surface area (Å²) in [6.07, 6.45) is 0. The van der Waals surface area contributed by atoms with Crippen molar-refractivity contribution < 1.29 is 8.83 Å². The van der Waals surface area contributed by atoms with Crippen molar-refractivity contribution >= 4 is 60.9 Å². The van der Waals surface area contributed by atoms with Crippen LogP contribution in [0.25, 0.3) is 77.3 Å². The molecule has 240 valence electrons. The van der Waals surface area contributed by atoms with Gasteiger partial charge in [-0.25, -0.2) is 0 Å². The molecule has 0 saturated carbocycles. The molecule has 0 aliphatic carbocycles. The summed E-state index contributed by atoms with van der Waals surface area (Å²) in [7, 11) is 0. The third kappa shape index (κ3) is 4.90. The predicted molar refractivity (Wildman–Crippen MR) is 212 cm³/mol. The first-order chi connectivity index (χ1) is 25.3. The van der Waals surface area contributed by atoms with Crippen LogP contribution in [-0.4, -0.2) is 0 Å². The molecule has 10 rings (SSSR count). The minimum absolute atomic E-state index is 0.866. The minimum Gasteiger partial charge on any atom is -0.455 e. The van der Waals surface area contributed by atoms with Gasteiger partial charge in [0.2, 0.25) is 0 Å². The molecule has 3 nitrogen and oxygen atoms in total. The smallest absolute Gasteiger partial charge is 0.145 e. The third-order valence-electron chi connectivity index (χ3n) is 9.90. The molecule has 8 aromatic carbocycles. The number of nitrogens with zero attached hydrogens (tertiary/aromatic N) is 1. The van der Waals surface area contributed by atoms with Crippen molar-refractivity contribution in [3.8, 4) is 33.4 Å². The Labute approximate surface area is 295 Å². The number of hydrogen-bond donors (Lipinski definition) is 0. The fraction of sp³-hybridized carbons (Fsp3) is 0. The van der Waals surface area contributed by atoms with E-state index in [2.05, 4.69) is 169 Å². The summed E-state index contributed by atoms with van der Waals surface area (Å²) in [6.45, 7) is 0. The van der Waals surface area contributed by atoms with Crippen molar-refractivity contribution in [2.45, 2.75) is 0 Å². The SMILES string of the molecule is c1ccc(-c2ccc(N(c3ccc(-c4cccc5c4oc4ccccc45)cc3)c3ccc(-c4ccccc4)c4oc5ccccc5c34)cc2)cc1. The minimum atomic E-state index is 0.866. The van der Waals surface area contributed by atoms with Gasteiger partial charge in [0.25, 0.3) is 0 Å². The summed E-state index contributed by atoms with van der Waals surface area (Å²) < 4.78 is 13.1. The summed E-state index contributed by atoms with van der Waals surface area (Å²) in [5.41, 5.74) is 13.4. The molecule has 0 bridgehead atoms. The molecule has 0 spiro atoms. The Hall–Kier alpha value is -6.84. The number of rotatable bonds is 6. The van der Waals surface area contributed by atoms with E-state index in [9.17, 15) is 0 Å². The first-order valence-electron chi connectivity index (χ1n) is 17.3. The lowest BCUT2D eigenvalue weighted by atomic mass is 9.99. The molecular formula is C48H31NO2. The average Bonchev–Trinajstić information content (AvgIpc) is 3.79. The van der Waals surface area contributed by atoms with Crippen LogP contribution in [0.15, 0.2) is 197 Å². The Bertz CT molecular complexity index is 2830. The molecule has 0 unspecified atom stereocenters. The topological polar surface area (TPSA) is 29.5 Å². The van der Waals surface area contributed by atoms with E-state index in [0.29, 0.717) is 0 Å².